The van der Waals surface area contributed by atoms with E-state index in [1.54, 1.807) is 4.90 Å². The number of para-hydroxylation sites is 1. The Morgan fingerprint density at radius 3 is 2.22 bits per heavy atom. The van der Waals surface area contributed by atoms with Crippen molar-refractivity contribution < 1.29 is 139 Å². The van der Waals surface area contributed by atoms with Crippen LogP contribution >= 0.6 is 12.0 Å². The molecule has 6 rings (SSSR count). The van der Waals surface area contributed by atoms with Gasteiger partial charge in [0.1, 0.15) is 31.6 Å². The van der Waals surface area contributed by atoms with Crippen LogP contribution in [-0.2, 0) is 29.6 Å². The molecule has 0 saturated carbocycles. The number of fused-ring (bicyclic) bond motifs is 2. The second kappa shape index (κ2) is 19.8. The summed E-state index contributed by atoms with van der Waals surface area (Å²) < 4.78 is 91.4. The van der Waals surface area contributed by atoms with Gasteiger partial charge in [-0.15, -0.1) is 10.2 Å². The molecule has 1 heterocycles. The van der Waals surface area contributed by atoms with Crippen LogP contribution < -0.4 is 104 Å². The van der Waals surface area contributed by atoms with E-state index in [4.69, 9.17) is 0 Å². The molecular weight excluding hydrogens is 815 g/mol. The van der Waals surface area contributed by atoms with Gasteiger partial charge < -0.3 is 29.7 Å². The van der Waals surface area contributed by atoms with Crippen molar-refractivity contribution in [3.63, 3.8) is 0 Å². The number of azo groups is 1. The largest absolute Gasteiger partial charge is 1.00 e. The summed E-state index contributed by atoms with van der Waals surface area (Å²) >= 11 is 0.307. The Hall–Kier alpha value is -2.39. The molecule has 24 heteroatoms. The van der Waals surface area contributed by atoms with Gasteiger partial charge in [-0.25, -0.2) is 16.8 Å². The van der Waals surface area contributed by atoms with Crippen LogP contribution in [0.2, 0.25) is 0 Å². The Labute approximate surface area is 383 Å². The molecule has 0 aliphatic carbocycles. The molecule has 0 atom stereocenters. The van der Waals surface area contributed by atoms with Crippen LogP contribution in [0.4, 0.5) is 39.0 Å². The first-order valence-electron chi connectivity index (χ1n) is 14.6. The normalized spacial score (nSPS) is 11.5. The summed E-state index contributed by atoms with van der Waals surface area (Å²) in [5, 5.41) is 35.8. The molecule has 0 amide bonds. The summed E-state index contributed by atoms with van der Waals surface area (Å²) in [5.41, 5.74) is 0.140. The zero-order valence-electron chi connectivity index (χ0n) is 29.2. The summed E-state index contributed by atoms with van der Waals surface area (Å²) in [4.78, 5) is 11.8. The first kappa shape index (κ1) is 47.0. The average molecular weight is 836 g/mol. The summed E-state index contributed by atoms with van der Waals surface area (Å²) in [6.45, 7) is 2.26. The topological polar surface area (TPSA) is 255 Å². The van der Waals surface area contributed by atoms with E-state index in [-0.39, 0.29) is 122 Å². The zero-order valence-corrected chi connectivity index (χ0v) is 37.6. The van der Waals surface area contributed by atoms with Crippen LogP contribution in [0.5, 0.6) is 5.75 Å². The molecule has 2 N–H and O–H groups in total. The molecule has 1 aromatic heterocycles. The number of phenolic OH excluding ortho intramolecular Hbond substituents is 1. The third-order valence-electron chi connectivity index (χ3n) is 7.41. The maximum atomic E-state index is 14.6. The van der Waals surface area contributed by atoms with E-state index in [0.717, 1.165) is 36.0 Å². The van der Waals surface area contributed by atoms with Gasteiger partial charge in [0, 0.05) is 34.1 Å². The van der Waals surface area contributed by atoms with Crippen LogP contribution in [0.25, 0.3) is 21.5 Å². The SMILES string of the molecule is CCN(c1ccccc1)c1nc(F)nc(Nc2ccc3c(O)c(N=Nc4ccc5c(S(=O)(=O)[O-])cccc5c4S(=O)(=O)[O-])c(SOO[O-])cc3c2)n1.[Na+].[Na+].[Na+]. The standard InChI is InChI=1S/C31H24FN7O10S3.3Na/c1-2-39(19-7-4-3-5-8-19)31-35-29(32)34-30(36-31)33-18-11-12-20-17(15-18)16-24(50-49-48-41)26(27(20)40)38-37-23-14-13-21-22(28(23)52(45,46)47)9-6-10-25(21)51(42,43)44;;;/h3-16,40-41H,2H2,1H3,(H,42,43,44)(H,45,46,47)(H,33,34,35,36);;;/q;3*+1/p-3. The fraction of sp³-hybridized carbons (Fsp3) is 0.0645. The number of aromatic nitrogens is 3. The van der Waals surface area contributed by atoms with Crippen molar-refractivity contribution in [3.05, 3.63) is 91.0 Å². The third-order valence-corrected chi connectivity index (χ3v) is 9.85. The van der Waals surface area contributed by atoms with Gasteiger partial charge >= 0.3 is 94.8 Å². The molecule has 0 aliphatic rings. The Bertz CT molecular complexity index is 2600. The smallest absolute Gasteiger partial charge is 0.744 e. The molecule has 0 fully saturated rings. The predicted octanol–water partition coefficient (Wildman–Crippen LogP) is -3.61. The number of benzene rings is 5. The molecule has 268 valence electrons. The number of phenols is 1. The predicted molar refractivity (Wildman–Crippen MR) is 180 cm³/mol. The van der Waals surface area contributed by atoms with E-state index < -0.39 is 52.9 Å². The van der Waals surface area contributed by atoms with Gasteiger partial charge in [-0.3, -0.25) is 5.04 Å². The maximum absolute atomic E-state index is 14.6. The summed E-state index contributed by atoms with van der Waals surface area (Å²) in [6.07, 6.45) is -1.04. The van der Waals surface area contributed by atoms with E-state index in [1.807, 2.05) is 37.3 Å². The van der Waals surface area contributed by atoms with Crippen LogP contribution in [0.1, 0.15) is 6.92 Å². The molecule has 6 aromatic rings. The molecule has 55 heavy (non-hydrogen) atoms. The van der Waals surface area contributed by atoms with E-state index >= 15 is 0 Å². The number of nitrogens with zero attached hydrogens (tertiary/aromatic N) is 6. The van der Waals surface area contributed by atoms with E-state index in [0.29, 0.717) is 29.7 Å². The van der Waals surface area contributed by atoms with E-state index in [9.17, 15) is 40.7 Å². The Kier molecular flexibility index (Phi) is 17.0. The maximum Gasteiger partial charge on any atom is 1.00 e. The van der Waals surface area contributed by atoms with Crippen LogP contribution in [0.15, 0.2) is 110 Å². The monoisotopic (exact) mass is 835 g/mol. The second-order valence-corrected chi connectivity index (χ2v) is 13.9. The summed E-state index contributed by atoms with van der Waals surface area (Å²) in [7, 11) is -10.4. The molecule has 0 bridgehead atoms. The van der Waals surface area contributed by atoms with Crippen LogP contribution in [0.3, 0.4) is 0 Å². The fourth-order valence-electron chi connectivity index (χ4n) is 5.29. The molecule has 0 unspecified atom stereocenters. The minimum absolute atomic E-state index is 0. The van der Waals surface area contributed by atoms with Crippen molar-refractivity contribution in [2.45, 2.75) is 21.6 Å². The van der Waals surface area contributed by atoms with Crippen LogP contribution in [0, 0.1) is 6.08 Å². The van der Waals surface area contributed by atoms with Crippen molar-refractivity contribution >= 4 is 88.5 Å². The Morgan fingerprint density at radius 2 is 1.56 bits per heavy atom. The Morgan fingerprint density at radius 1 is 0.855 bits per heavy atom. The van der Waals surface area contributed by atoms with Gasteiger partial charge in [0.2, 0.25) is 11.9 Å². The van der Waals surface area contributed by atoms with Gasteiger partial charge in [-0.05, 0) is 60.8 Å². The first-order valence-corrected chi connectivity index (χ1v) is 18.2. The fourth-order valence-corrected chi connectivity index (χ4v) is 7.28. The van der Waals surface area contributed by atoms with E-state index in [2.05, 4.69) is 39.9 Å². The van der Waals surface area contributed by atoms with Gasteiger partial charge in [-0.1, -0.05) is 36.4 Å². The molecule has 0 saturated heterocycles. The minimum atomic E-state index is -5.35. The van der Waals surface area contributed by atoms with Gasteiger partial charge in [0.25, 0.3) is 0 Å². The van der Waals surface area contributed by atoms with Crippen LogP contribution in [-0.4, -0.2) is 52.5 Å². The number of nitrogens with one attached hydrogen (secondary N) is 1. The number of aromatic hydroxyl groups is 1. The number of hydrogen-bond acceptors (Lipinski definition) is 18. The summed E-state index contributed by atoms with van der Waals surface area (Å²) in [6, 6.07) is 20.1. The number of anilines is 4. The molecule has 17 nitrogen and oxygen atoms in total. The quantitative estimate of drug-likeness (QED) is 0.0302. The zero-order chi connectivity index (χ0) is 37.2. The molecule has 0 radical (unpaired) electrons. The average Bonchev–Trinajstić information content (AvgIpc) is 3.09. The third kappa shape index (κ3) is 10.8. The number of hydrogen-bond donors (Lipinski definition) is 2. The molecular formula is C31H21FN7Na3O10S3. The summed E-state index contributed by atoms with van der Waals surface area (Å²) in [5.74, 6) is -0.629. The van der Waals surface area contributed by atoms with Crippen molar-refractivity contribution in [1.82, 2.24) is 15.0 Å². The van der Waals surface area contributed by atoms with Crippen molar-refractivity contribution in [2.24, 2.45) is 10.2 Å². The minimum Gasteiger partial charge on any atom is -0.744 e. The molecule has 0 aliphatic heterocycles. The van der Waals surface area contributed by atoms with Gasteiger partial charge in [-0.2, -0.15) is 23.7 Å². The first-order chi connectivity index (χ1) is 24.8. The van der Waals surface area contributed by atoms with Gasteiger partial charge in [0.15, 0.2) is 5.75 Å². The second-order valence-electron chi connectivity index (χ2n) is 10.5. The van der Waals surface area contributed by atoms with Crippen molar-refractivity contribution in [1.29, 1.82) is 0 Å². The van der Waals surface area contributed by atoms with Crippen molar-refractivity contribution in [2.75, 3.05) is 16.8 Å². The Balaban J connectivity index is 0.00000271. The number of halogens is 1. The van der Waals surface area contributed by atoms with E-state index in [1.165, 1.54) is 24.3 Å². The molecule has 0 spiro atoms. The van der Waals surface area contributed by atoms with Crippen molar-refractivity contribution in [3.8, 4) is 5.75 Å². The van der Waals surface area contributed by atoms with Gasteiger partial charge in [0.05, 0.1) is 26.7 Å². The molecule has 5 aromatic carbocycles. The number of rotatable bonds is 12.